The Morgan fingerprint density at radius 2 is 2.24 bits per heavy atom. The number of hydrogen-bond donors (Lipinski definition) is 2. The maximum atomic E-state index is 4.18. The number of hydrogen-bond acceptors (Lipinski definition) is 2. The number of para-hydroxylation sites is 1. The van der Waals surface area contributed by atoms with Crippen LogP contribution < -0.4 is 5.32 Å². The summed E-state index contributed by atoms with van der Waals surface area (Å²) in [5.41, 5.74) is 2.56. The molecule has 2 atom stereocenters. The highest BCUT2D eigenvalue weighted by molar-refractivity contribution is 5.82. The van der Waals surface area contributed by atoms with Crippen molar-refractivity contribution in [1.29, 1.82) is 0 Å². The van der Waals surface area contributed by atoms with Gasteiger partial charge in [0.05, 0.1) is 6.33 Å². The van der Waals surface area contributed by atoms with Gasteiger partial charge < -0.3 is 14.9 Å². The number of benzene rings is 1. The van der Waals surface area contributed by atoms with E-state index < -0.39 is 0 Å². The molecule has 108 valence electrons. The number of aromatic nitrogens is 3. The second-order valence-corrected chi connectivity index (χ2v) is 5.86. The van der Waals surface area contributed by atoms with Crippen LogP contribution in [0, 0.1) is 0 Å². The number of nitrogens with one attached hydrogen (secondary N) is 2. The number of aromatic amines is 1. The van der Waals surface area contributed by atoms with Crippen LogP contribution in [0.3, 0.4) is 0 Å². The minimum absolute atomic E-state index is 0.535. The molecule has 2 N–H and O–H groups in total. The van der Waals surface area contributed by atoms with E-state index in [9.17, 15) is 0 Å². The summed E-state index contributed by atoms with van der Waals surface area (Å²) in [4.78, 5) is 7.53. The van der Waals surface area contributed by atoms with E-state index in [1.807, 2.05) is 12.5 Å². The Bertz CT molecular complexity index is 713. The Morgan fingerprint density at radius 1 is 1.29 bits per heavy atom. The van der Waals surface area contributed by atoms with Crippen molar-refractivity contribution in [1.82, 2.24) is 19.9 Å². The van der Waals surface area contributed by atoms with Crippen molar-refractivity contribution < 1.29 is 0 Å². The van der Waals surface area contributed by atoms with Crippen LogP contribution in [0.15, 0.2) is 49.2 Å². The largest absolute Gasteiger partial charge is 0.361 e. The van der Waals surface area contributed by atoms with Crippen molar-refractivity contribution in [3.05, 3.63) is 54.7 Å². The van der Waals surface area contributed by atoms with Crippen molar-refractivity contribution >= 4 is 10.9 Å². The van der Waals surface area contributed by atoms with E-state index in [2.05, 4.69) is 56.5 Å². The predicted octanol–water partition coefficient (Wildman–Crippen LogP) is 3.25. The Morgan fingerprint density at radius 3 is 3.14 bits per heavy atom. The third-order valence-corrected chi connectivity index (χ3v) is 4.62. The Labute approximate surface area is 124 Å². The molecular weight excluding hydrogens is 260 g/mol. The zero-order valence-corrected chi connectivity index (χ0v) is 12.0. The fourth-order valence-electron chi connectivity index (χ4n) is 3.52. The average molecular weight is 280 g/mol. The second-order valence-electron chi connectivity index (χ2n) is 5.86. The van der Waals surface area contributed by atoms with E-state index in [0.717, 1.165) is 6.54 Å². The maximum Gasteiger partial charge on any atom is 0.0949 e. The van der Waals surface area contributed by atoms with E-state index in [4.69, 9.17) is 0 Å². The monoisotopic (exact) mass is 280 g/mol. The third-order valence-electron chi connectivity index (χ3n) is 4.62. The van der Waals surface area contributed by atoms with Crippen molar-refractivity contribution in [3.63, 3.8) is 0 Å². The topological polar surface area (TPSA) is 45.6 Å². The van der Waals surface area contributed by atoms with Gasteiger partial charge in [-0.2, -0.15) is 0 Å². The summed E-state index contributed by atoms with van der Waals surface area (Å²) in [7, 11) is 0. The van der Waals surface area contributed by atoms with Gasteiger partial charge in [-0.15, -0.1) is 0 Å². The normalized spacial score (nSPS) is 22.1. The highest BCUT2D eigenvalue weighted by Gasteiger charge is 2.27. The van der Waals surface area contributed by atoms with Crippen molar-refractivity contribution in [3.8, 4) is 0 Å². The second kappa shape index (κ2) is 5.37. The first-order valence-corrected chi connectivity index (χ1v) is 7.67. The summed E-state index contributed by atoms with van der Waals surface area (Å²) < 4.78 is 2.25. The molecule has 1 fully saturated rings. The van der Waals surface area contributed by atoms with Crippen LogP contribution in [-0.2, 0) is 6.54 Å². The molecular formula is C17H20N4. The van der Waals surface area contributed by atoms with Crippen LogP contribution in [0.2, 0.25) is 0 Å². The molecule has 3 aromatic rings. The molecule has 2 unspecified atom stereocenters. The molecule has 4 rings (SSSR count). The van der Waals surface area contributed by atoms with Crippen LogP contribution in [0.25, 0.3) is 10.9 Å². The lowest BCUT2D eigenvalue weighted by atomic mass is 10.1. The fourth-order valence-corrected chi connectivity index (χ4v) is 3.52. The van der Waals surface area contributed by atoms with Crippen molar-refractivity contribution in [2.75, 3.05) is 0 Å². The van der Waals surface area contributed by atoms with Gasteiger partial charge in [-0.05, 0) is 30.9 Å². The number of H-pyrrole nitrogens is 1. The fraction of sp³-hybridized carbons (Fsp3) is 0.353. The Balaban J connectivity index is 1.49. The first-order chi connectivity index (χ1) is 10.4. The van der Waals surface area contributed by atoms with Crippen LogP contribution in [-0.4, -0.2) is 20.6 Å². The zero-order chi connectivity index (χ0) is 14.1. The summed E-state index contributed by atoms with van der Waals surface area (Å²) in [6.45, 7) is 0.917. The van der Waals surface area contributed by atoms with Crippen molar-refractivity contribution in [2.45, 2.75) is 37.9 Å². The van der Waals surface area contributed by atoms with E-state index in [1.165, 1.54) is 35.7 Å². The first kappa shape index (κ1) is 12.7. The van der Waals surface area contributed by atoms with Gasteiger partial charge in [-0.25, -0.2) is 4.98 Å². The van der Waals surface area contributed by atoms with Gasteiger partial charge in [0.15, 0.2) is 0 Å². The smallest absolute Gasteiger partial charge is 0.0949 e. The SMILES string of the molecule is c1ccc2c(CNC3CCCC3n3ccnc3)c[nH]c2c1. The van der Waals surface area contributed by atoms with Crippen LogP contribution in [0.1, 0.15) is 30.9 Å². The number of fused-ring (bicyclic) bond motifs is 1. The summed E-state index contributed by atoms with van der Waals surface area (Å²) in [6.07, 6.45) is 11.8. The maximum absolute atomic E-state index is 4.18. The molecule has 1 saturated carbocycles. The molecule has 0 saturated heterocycles. The van der Waals surface area contributed by atoms with Crippen LogP contribution >= 0.6 is 0 Å². The minimum atomic E-state index is 0.535. The summed E-state index contributed by atoms with van der Waals surface area (Å²) in [5.74, 6) is 0. The number of imidazole rings is 1. The molecule has 2 heterocycles. The quantitative estimate of drug-likeness (QED) is 0.770. The van der Waals surface area contributed by atoms with E-state index in [1.54, 1.807) is 0 Å². The molecule has 0 spiro atoms. The molecule has 0 radical (unpaired) electrons. The molecule has 4 nitrogen and oxygen atoms in total. The van der Waals surface area contributed by atoms with Gasteiger partial charge in [-0.3, -0.25) is 0 Å². The highest BCUT2D eigenvalue weighted by Crippen LogP contribution is 2.30. The van der Waals surface area contributed by atoms with E-state index >= 15 is 0 Å². The molecule has 0 aliphatic heterocycles. The standard InChI is InChI=1S/C17H20N4/c1-2-5-15-14(4-1)13(10-19-15)11-20-16-6-3-7-17(16)21-9-8-18-12-21/h1-2,4-5,8-10,12,16-17,19-20H,3,6-7,11H2. The summed E-state index contributed by atoms with van der Waals surface area (Å²) in [6, 6.07) is 9.56. The molecule has 1 aliphatic rings. The van der Waals surface area contributed by atoms with Gasteiger partial charge in [0, 0.05) is 48.1 Å². The van der Waals surface area contributed by atoms with Gasteiger partial charge >= 0.3 is 0 Å². The van der Waals surface area contributed by atoms with Crippen molar-refractivity contribution in [2.24, 2.45) is 0 Å². The Hall–Kier alpha value is -2.07. The minimum Gasteiger partial charge on any atom is -0.361 e. The van der Waals surface area contributed by atoms with E-state index in [0.29, 0.717) is 12.1 Å². The lowest BCUT2D eigenvalue weighted by Gasteiger charge is -2.22. The molecule has 2 aromatic heterocycles. The van der Waals surface area contributed by atoms with Gasteiger partial charge in [0.25, 0.3) is 0 Å². The van der Waals surface area contributed by atoms with Gasteiger partial charge in [0.1, 0.15) is 0 Å². The summed E-state index contributed by atoms with van der Waals surface area (Å²) in [5, 5.41) is 5.07. The van der Waals surface area contributed by atoms with Crippen LogP contribution in [0.4, 0.5) is 0 Å². The summed E-state index contributed by atoms with van der Waals surface area (Å²) >= 11 is 0. The molecule has 1 aromatic carbocycles. The number of rotatable bonds is 4. The lowest BCUT2D eigenvalue weighted by Crippen LogP contribution is -2.33. The molecule has 1 aliphatic carbocycles. The predicted molar refractivity (Wildman–Crippen MR) is 84.0 cm³/mol. The molecule has 21 heavy (non-hydrogen) atoms. The molecule has 0 amide bonds. The number of nitrogens with zero attached hydrogens (tertiary/aromatic N) is 2. The Kier molecular flexibility index (Phi) is 3.24. The zero-order valence-electron chi connectivity index (χ0n) is 12.0. The highest BCUT2D eigenvalue weighted by atomic mass is 15.1. The average Bonchev–Trinajstić information content (AvgIpc) is 3.25. The van der Waals surface area contributed by atoms with E-state index in [-0.39, 0.29) is 0 Å². The third kappa shape index (κ3) is 2.36. The lowest BCUT2D eigenvalue weighted by molar-refractivity contribution is 0.391. The molecule has 4 heteroatoms. The van der Waals surface area contributed by atoms with Gasteiger partial charge in [-0.1, -0.05) is 18.2 Å². The van der Waals surface area contributed by atoms with Crippen LogP contribution in [0.5, 0.6) is 0 Å². The molecule has 0 bridgehead atoms. The van der Waals surface area contributed by atoms with Gasteiger partial charge in [0.2, 0.25) is 0 Å². The first-order valence-electron chi connectivity index (χ1n) is 7.67.